The number of aromatic nitrogens is 2. The maximum absolute atomic E-state index is 12.5. The molecule has 3 aromatic heterocycles. The summed E-state index contributed by atoms with van der Waals surface area (Å²) in [6.07, 6.45) is 3.87. The Labute approximate surface area is 175 Å². The number of nitrogens with zero attached hydrogens (tertiary/aromatic N) is 3. The molecule has 0 bridgehead atoms. The number of thiazole rings is 1. The second kappa shape index (κ2) is 6.67. The topological polar surface area (TPSA) is 68.5 Å². The van der Waals surface area contributed by atoms with Crippen molar-refractivity contribution in [2.75, 3.05) is 4.90 Å². The second-order valence-electron chi connectivity index (χ2n) is 7.11. The lowest BCUT2D eigenvalue weighted by Gasteiger charge is -2.16. The summed E-state index contributed by atoms with van der Waals surface area (Å²) in [6.45, 7) is 0.479. The van der Waals surface area contributed by atoms with E-state index in [1.54, 1.807) is 12.5 Å². The zero-order valence-corrected chi connectivity index (χ0v) is 16.6. The molecule has 0 N–H and O–H groups in total. The summed E-state index contributed by atoms with van der Waals surface area (Å²) in [5, 5.41) is 1.50. The van der Waals surface area contributed by atoms with Gasteiger partial charge in [-0.2, -0.15) is 4.98 Å². The van der Waals surface area contributed by atoms with Gasteiger partial charge in [-0.05, 0) is 35.9 Å². The van der Waals surface area contributed by atoms with E-state index in [2.05, 4.69) is 9.97 Å². The molecule has 4 heterocycles. The average Bonchev–Trinajstić information content (AvgIpc) is 3.43. The van der Waals surface area contributed by atoms with Gasteiger partial charge in [0.05, 0.1) is 23.9 Å². The quantitative estimate of drug-likeness (QED) is 0.399. The fourth-order valence-corrected chi connectivity index (χ4v) is 4.60. The number of hydrogen-bond acceptors (Lipinski definition) is 6. The number of amides is 1. The highest BCUT2D eigenvalue weighted by molar-refractivity contribution is 7.20. The van der Waals surface area contributed by atoms with E-state index in [-0.39, 0.29) is 5.91 Å². The summed E-state index contributed by atoms with van der Waals surface area (Å²) < 4.78 is 12.7. The predicted octanol–water partition coefficient (Wildman–Crippen LogP) is 5.32. The van der Waals surface area contributed by atoms with Gasteiger partial charge in [0.1, 0.15) is 11.3 Å². The predicted molar refractivity (Wildman–Crippen MR) is 115 cm³/mol. The smallest absolute Gasteiger partial charge is 0.281 e. The van der Waals surface area contributed by atoms with E-state index in [1.165, 1.54) is 11.3 Å². The molecule has 6 nitrogen and oxygen atoms in total. The maximum atomic E-state index is 12.5. The van der Waals surface area contributed by atoms with Gasteiger partial charge in [-0.15, -0.1) is 0 Å². The Kier molecular flexibility index (Phi) is 3.82. The van der Waals surface area contributed by atoms with Gasteiger partial charge in [-0.25, -0.2) is 4.98 Å². The van der Waals surface area contributed by atoms with Gasteiger partial charge in [0.15, 0.2) is 5.65 Å². The third-order valence-corrected chi connectivity index (χ3v) is 6.12. The van der Waals surface area contributed by atoms with Gasteiger partial charge in [0.2, 0.25) is 5.91 Å². The Balaban J connectivity index is 1.28. The van der Waals surface area contributed by atoms with Gasteiger partial charge in [0.25, 0.3) is 5.19 Å². The SMILES string of the molecule is O=C1Cc2ccccc2N1Cc1coc2cc(Oc3nc4ncccc4s3)ccc12. The van der Waals surface area contributed by atoms with Gasteiger partial charge >= 0.3 is 0 Å². The van der Waals surface area contributed by atoms with Crippen molar-refractivity contribution in [2.24, 2.45) is 0 Å². The van der Waals surface area contributed by atoms with Crippen LogP contribution in [-0.4, -0.2) is 15.9 Å². The number of carbonyl (C=O) groups excluding carboxylic acids is 1. The molecule has 5 aromatic rings. The number of furan rings is 1. The van der Waals surface area contributed by atoms with Gasteiger partial charge in [-0.1, -0.05) is 29.5 Å². The standard InChI is InChI=1S/C23H15N3O3S/c27-21-10-14-4-1-2-5-18(14)26(21)12-15-13-28-19-11-16(7-8-17(15)19)29-23-25-22-20(30-23)6-3-9-24-22/h1-9,11,13H,10,12H2. The maximum Gasteiger partial charge on any atom is 0.281 e. The Morgan fingerprint density at radius 2 is 2.07 bits per heavy atom. The molecule has 2 aromatic carbocycles. The number of hydrogen-bond donors (Lipinski definition) is 0. The normalized spacial score (nSPS) is 13.3. The molecule has 0 radical (unpaired) electrons. The molecule has 30 heavy (non-hydrogen) atoms. The van der Waals surface area contributed by atoms with E-state index < -0.39 is 0 Å². The lowest BCUT2D eigenvalue weighted by Crippen LogP contribution is -2.25. The van der Waals surface area contributed by atoms with Crippen LogP contribution in [0.2, 0.25) is 0 Å². The van der Waals surface area contributed by atoms with Crippen molar-refractivity contribution in [2.45, 2.75) is 13.0 Å². The molecule has 1 aliphatic rings. The first-order valence-corrected chi connectivity index (χ1v) is 10.3. The van der Waals surface area contributed by atoms with Crippen molar-refractivity contribution in [1.82, 2.24) is 9.97 Å². The summed E-state index contributed by atoms with van der Waals surface area (Å²) in [7, 11) is 0. The number of benzene rings is 2. The van der Waals surface area contributed by atoms with Crippen LogP contribution in [0.15, 0.2) is 71.5 Å². The average molecular weight is 413 g/mol. The lowest BCUT2D eigenvalue weighted by atomic mass is 10.1. The largest absolute Gasteiger partial charge is 0.464 e. The first-order valence-electron chi connectivity index (χ1n) is 9.52. The van der Waals surface area contributed by atoms with Crippen LogP contribution in [0, 0.1) is 0 Å². The number of carbonyl (C=O) groups is 1. The third kappa shape index (κ3) is 2.83. The molecule has 0 saturated heterocycles. The number of pyridine rings is 1. The highest BCUT2D eigenvalue weighted by atomic mass is 32.1. The van der Waals surface area contributed by atoms with Crippen LogP contribution in [0.5, 0.6) is 10.9 Å². The Hall–Kier alpha value is -3.71. The molecule has 0 atom stereocenters. The van der Waals surface area contributed by atoms with E-state index in [4.69, 9.17) is 9.15 Å². The van der Waals surface area contributed by atoms with E-state index in [1.807, 2.05) is 59.5 Å². The van der Waals surface area contributed by atoms with Crippen molar-refractivity contribution >= 4 is 44.2 Å². The van der Waals surface area contributed by atoms with Gasteiger partial charge in [0, 0.05) is 28.9 Å². The molecule has 0 unspecified atom stereocenters. The van der Waals surface area contributed by atoms with Crippen molar-refractivity contribution in [3.63, 3.8) is 0 Å². The Bertz CT molecular complexity index is 1390. The number of rotatable bonds is 4. The summed E-state index contributed by atoms with van der Waals surface area (Å²) in [5.74, 6) is 0.750. The van der Waals surface area contributed by atoms with Crippen LogP contribution < -0.4 is 9.64 Å². The van der Waals surface area contributed by atoms with Crippen LogP contribution in [0.4, 0.5) is 5.69 Å². The minimum atomic E-state index is 0.106. The van der Waals surface area contributed by atoms with Crippen molar-refractivity contribution < 1.29 is 13.9 Å². The first-order chi connectivity index (χ1) is 14.7. The number of anilines is 1. The van der Waals surface area contributed by atoms with Crippen LogP contribution in [0.3, 0.4) is 0 Å². The number of fused-ring (bicyclic) bond motifs is 3. The van der Waals surface area contributed by atoms with Gasteiger partial charge in [-0.3, -0.25) is 4.79 Å². The summed E-state index contributed by atoms with van der Waals surface area (Å²) in [5.41, 5.74) is 4.39. The summed E-state index contributed by atoms with van der Waals surface area (Å²) >= 11 is 1.45. The minimum absolute atomic E-state index is 0.106. The highest BCUT2D eigenvalue weighted by Gasteiger charge is 2.27. The molecular weight excluding hydrogens is 398 g/mol. The van der Waals surface area contributed by atoms with Crippen LogP contribution >= 0.6 is 11.3 Å². The molecule has 1 aliphatic heterocycles. The van der Waals surface area contributed by atoms with Crippen LogP contribution in [0.25, 0.3) is 21.3 Å². The molecule has 0 spiro atoms. The fraction of sp³-hybridized carbons (Fsp3) is 0.0870. The van der Waals surface area contributed by atoms with Crippen molar-refractivity contribution in [3.8, 4) is 10.9 Å². The lowest BCUT2D eigenvalue weighted by molar-refractivity contribution is -0.117. The molecule has 0 fully saturated rings. The highest BCUT2D eigenvalue weighted by Crippen LogP contribution is 2.35. The summed E-state index contributed by atoms with van der Waals surface area (Å²) in [6, 6.07) is 17.4. The zero-order chi connectivity index (χ0) is 20.1. The Morgan fingerprint density at radius 3 is 3.00 bits per heavy atom. The van der Waals surface area contributed by atoms with Crippen LogP contribution in [0.1, 0.15) is 11.1 Å². The molecule has 6 rings (SSSR count). The molecule has 0 saturated carbocycles. The van der Waals surface area contributed by atoms with E-state index >= 15 is 0 Å². The van der Waals surface area contributed by atoms with Gasteiger partial charge < -0.3 is 14.1 Å². The van der Waals surface area contributed by atoms with Crippen LogP contribution in [-0.2, 0) is 17.8 Å². The zero-order valence-electron chi connectivity index (χ0n) is 15.7. The molecule has 146 valence electrons. The monoisotopic (exact) mass is 413 g/mol. The summed E-state index contributed by atoms with van der Waals surface area (Å²) in [4.78, 5) is 22.9. The second-order valence-corrected chi connectivity index (χ2v) is 8.10. The first kappa shape index (κ1) is 17.2. The number of ether oxygens (including phenoxy) is 1. The number of para-hydroxylation sites is 1. The molecule has 1 amide bonds. The van der Waals surface area contributed by atoms with E-state index in [0.29, 0.717) is 35.1 Å². The Morgan fingerprint density at radius 1 is 1.13 bits per heavy atom. The molecule has 0 aliphatic carbocycles. The van der Waals surface area contributed by atoms with E-state index in [9.17, 15) is 4.79 Å². The van der Waals surface area contributed by atoms with E-state index in [0.717, 1.165) is 26.9 Å². The fourth-order valence-electron chi connectivity index (χ4n) is 3.80. The van der Waals surface area contributed by atoms with Crippen molar-refractivity contribution in [1.29, 1.82) is 0 Å². The molecular formula is C23H15N3O3S. The third-order valence-electron chi connectivity index (χ3n) is 5.23. The minimum Gasteiger partial charge on any atom is -0.464 e. The van der Waals surface area contributed by atoms with Crippen molar-refractivity contribution in [3.05, 3.63) is 78.2 Å². The molecule has 7 heteroatoms.